The van der Waals surface area contributed by atoms with Crippen LogP contribution in [0.2, 0.25) is 0 Å². The minimum atomic E-state index is -4.24. The third-order valence-corrected chi connectivity index (χ3v) is 11.3. The van der Waals surface area contributed by atoms with Crippen LogP contribution in [0.5, 0.6) is 0 Å². The van der Waals surface area contributed by atoms with Gasteiger partial charge >= 0.3 is 15.2 Å². The predicted octanol–water partition coefficient (Wildman–Crippen LogP) is 6.21. The molecule has 0 fully saturated rings. The lowest BCUT2D eigenvalue weighted by Crippen LogP contribution is -2.32. The number of thiocarbonyl (C=S) groups is 1. The maximum Gasteiger partial charge on any atom is 0.353 e. The van der Waals surface area contributed by atoms with E-state index in [1.807, 2.05) is 0 Å². The van der Waals surface area contributed by atoms with Crippen molar-refractivity contribution in [3.63, 3.8) is 0 Å². The van der Waals surface area contributed by atoms with Gasteiger partial charge in [0.2, 0.25) is 15.4 Å². The first kappa shape index (κ1) is 32.2. The van der Waals surface area contributed by atoms with Gasteiger partial charge in [0, 0.05) is 5.69 Å². The third kappa shape index (κ3) is 11.0. The standard InChI is InChI=1S/C21H38N2O8P2S2/c1-14(2)28-32(24,29-15(3)4)21(33(25,30-16(5)6)31-17(7)8)20(34)22-18-11-10-12-19(13-18)23-35(9,26)27/h10-17,21,23H,1-9H3,(H,22,34). The van der Waals surface area contributed by atoms with Crippen molar-refractivity contribution in [2.75, 3.05) is 16.3 Å². The van der Waals surface area contributed by atoms with E-state index < -0.39 is 55.0 Å². The van der Waals surface area contributed by atoms with Gasteiger partial charge in [0.25, 0.3) is 0 Å². The summed E-state index contributed by atoms with van der Waals surface area (Å²) in [5, 5.41) is 1.31. The number of rotatable bonds is 14. The normalized spacial score (nSPS) is 13.3. The Morgan fingerprint density at radius 2 is 1.17 bits per heavy atom. The summed E-state index contributed by atoms with van der Waals surface area (Å²) in [5.74, 6) is 0. The zero-order valence-electron chi connectivity index (χ0n) is 21.7. The van der Waals surface area contributed by atoms with E-state index in [-0.39, 0.29) is 10.7 Å². The molecule has 1 rings (SSSR count). The molecule has 14 heteroatoms. The Morgan fingerprint density at radius 3 is 1.51 bits per heavy atom. The van der Waals surface area contributed by atoms with Gasteiger partial charge in [0.15, 0.2) is 0 Å². The SMILES string of the molecule is CC(C)OP(=O)(OC(C)C)C(C(=S)Nc1cccc(NS(C)(=O)=O)c1)P(=O)(OC(C)C)OC(C)C. The molecule has 0 atom stereocenters. The molecule has 10 nitrogen and oxygen atoms in total. The highest BCUT2D eigenvalue weighted by Gasteiger charge is 2.55. The van der Waals surface area contributed by atoms with Gasteiger partial charge in [0.1, 0.15) is 4.99 Å². The highest BCUT2D eigenvalue weighted by Crippen LogP contribution is 2.72. The molecule has 1 aromatic carbocycles. The van der Waals surface area contributed by atoms with E-state index in [0.717, 1.165) is 6.26 Å². The maximum absolute atomic E-state index is 14.2. The van der Waals surface area contributed by atoms with E-state index in [2.05, 4.69) is 10.0 Å². The van der Waals surface area contributed by atoms with Crippen molar-refractivity contribution in [2.24, 2.45) is 0 Å². The van der Waals surface area contributed by atoms with Crippen molar-refractivity contribution in [1.29, 1.82) is 0 Å². The van der Waals surface area contributed by atoms with E-state index in [1.54, 1.807) is 73.6 Å². The average molecular weight is 573 g/mol. The minimum absolute atomic E-state index is 0.157. The number of anilines is 2. The zero-order chi connectivity index (χ0) is 27.2. The number of hydrogen-bond acceptors (Lipinski definition) is 9. The molecule has 0 saturated heterocycles. The highest BCUT2D eigenvalue weighted by atomic mass is 32.2. The van der Waals surface area contributed by atoms with Crippen LogP contribution in [-0.2, 0) is 37.2 Å². The van der Waals surface area contributed by atoms with Crippen molar-refractivity contribution in [3.8, 4) is 0 Å². The van der Waals surface area contributed by atoms with Crippen molar-refractivity contribution in [1.82, 2.24) is 0 Å². The Bertz CT molecular complexity index is 995. The summed E-state index contributed by atoms with van der Waals surface area (Å²) in [7, 11) is -12.0. The van der Waals surface area contributed by atoms with Gasteiger partial charge in [-0.3, -0.25) is 13.9 Å². The number of sulfonamides is 1. The van der Waals surface area contributed by atoms with Crippen LogP contribution in [0, 0.1) is 0 Å². The van der Waals surface area contributed by atoms with Crippen LogP contribution in [0.25, 0.3) is 0 Å². The van der Waals surface area contributed by atoms with Crippen molar-refractivity contribution < 1.29 is 35.6 Å². The first-order valence-corrected chi connectivity index (χ1v) is 16.7. The van der Waals surface area contributed by atoms with Gasteiger partial charge in [-0.15, -0.1) is 0 Å². The summed E-state index contributed by atoms with van der Waals surface area (Å²) in [5.41, 5.74) is 0.631. The summed E-state index contributed by atoms with van der Waals surface area (Å²) in [4.78, 5) is -0.157. The summed E-state index contributed by atoms with van der Waals surface area (Å²) in [6.45, 7) is 13.3. The van der Waals surface area contributed by atoms with E-state index in [1.165, 1.54) is 6.07 Å². The fourth-order valence-corrected chi connectivity index (χ4v) is 10.1. The summed E-state index contributed by atoms with van der Waals surface area (Å²) in [6.07, 6.45) is -1.20. The second-order valence-electron chi connectivity index (χ2n) is 9.01. The molecular weight excluding hydrogens is 534 g/mol. The van der Waals surface area contributed by atoms with E-state index in [0.29, 0.717) is 5.69 Å². The van der Waals surface area contributed by atoms with E-state index in [4.69, 9.17) is 30.3 Å². The molecule has 202 valence electrons. The third-order valence-electron chi connectivity index (χ3n) is 3.70. The molecule has 0 amide bonds. The summed E-state index contributed by atoms with van der Waals surface area (Å²) >= 11 is 5.60. The molecule has 0 aliphatic rings. The second-order valence-corrected chi connectivity index (χ2v) is 15.6. The van der Waals surface area contributed by atoms with E-state index >= 15 is 0 Å². The van der Waals surface area contributed by atoms with Crippen LogP contribution in [-0.4, -0.2) is 49.5 Å². The fourth-order valence-electron chi connectivity index (χ4n) is 3.00. The smallest absolute Gasteiger partial charge is 0.349 e. The zero-order valence-corrected chi connectivity index (χ0v) is 25.1. The maximum atomic E-state index is 14.2. The number of hydrogen-bond donors (Lipinski definition) is 2. The molecule has 0 aromatic heterocycles. The van der Waals surface area contributed by atoms with Crippen LogP contribution in [0.15, 0.2) is 24.3 Å². The lowest BCUT2D eigenvalue weighted by Gasteiger charge is -2.35. The van der Waals surface area contributed by atoms with Gasteiger partial charge in [-0.1, -0.05) is 18.3 Å². The molecule has 0 aliphatic carbocycles. The van der Waals surface area contributed by atoms with Crippen LogP contribution in [0.4, 0.5) is 11.4 Å². The minimum Gasteiger partial charge on any atom is -0.349 e. The van der Waals surface area contributed by atoms with Crippen LogP contribution in [0.3, 0.4) is 0 Å². The lowest BCUT2D eigenvalue weighted by molar-refractivity contribution is 0.127. The van der Waals surface area contributed by atoms with E-state index in [9.17, 15) is 17.5 Å². The molecular formula is C21H38N2O8P2S2. The number of nitrogens with one attached hydrogen (secondary N) is 2. The molecule has 0 unspecified atom stereocenters. The van der Waals surface area contributed by atoms with Crippen molar-refractivity contribution in [3.05, 3.63) is 24.3 Å². The molecule has 0 radical (unpaired) electrons. The first-order chi connectivity index (χ1) is 15.9. The highest BCUT2D eigenvalue weighted by molar-refractivity contribution is 7.92. The molecule has 0 aliphatic heterocycles. The van der Waals surface area contributed by atoms with Crippen LogP contribution in [0.1, 0.15) is 55.4 Å². The van der Waals surface area contributed by atoms with Gasteiger partial charge in [-0.25, -0.2) is 8.42 Å². The molecule has 0 bridgehead atoms. The Labute approximate surface area is 215 Å². The molecule has 2 N–H and O–H groups in total. The average Bonchev–Trinajstić information content (AvgIpc) is 2.56. The molecule has 1 aromatic rings. The fraction of sp³-hybridized carbons (Fsp3) is 0.667. The first-order valence-electron chi connectivity index (χ1n) is 11.2. The predicted molar refractivity (Wildman–Crippen MR) is 145 cm³/mol. The van der Waals surface area contributed by atoms with Crippen LogP contribution < -0.4 is 10.0 Å². The monoisotopic (exact) mass is 572 g/mol. The van der Waals surface area contributed by atoms with Crippen molar-refractivity contribution in [2.45, 2.75) is 85.2 Å². The molecule has 0 spiro atoms. The number of benzene rings is 1. The molecule has 0 heterocycles. The largest absolute Gasteiger partial charge is 0.353 e. The molecule has 35 heavy (non-hydrogen) atoms. The topological polar surface area (TPSA) is 129 Å². The van der Waals surface area contributed by atoms with Gasteiger partial charge in [-0.2, -0.15) is 0 Å². The van der Waals surface area contributed by atoms with Gasteiger partial charge in [-0.05, 0) is 73.6 Å². The van der Waals surface area contributed by atoms with Gasteiger partial charge in [0.05, 0.1) is 36.4 Å². The second kappa shape index (κ2) is 13.1. The Kier molecular flexibility index (Phi) is 12.1. The lowest BCUT2D eigenvalue weighted by atomic mass is 10.3. The Hall–Kier alpha value is -0.840. The quantitative estimate of drug-likeness (QED) is 0.196. The van der Waals surface area contributed by atoms with Gasteiger partial charge < -0.3 is 23.4 Å². The summed E-state index contributed by atoms with van der Waals surface area (Å²) in [6, 6.07) is 6.25. The Balaban J connectivity index is 3.64. The van der Waals surface area contributed by atoms with Crippen LogP contribution >= 0.6 is 27.4 Å². The van der Waals surface area contributed by atoms with Crippen molar-refractivity contribution >= 4 is 53.8 Å². The molecule has 0 saturated carbocycles. The summed E-state index contributed by atoms with van der Waals surface area (Å²) < 4.78 is 77.1. The Morgan fingerprint density at radius 1 is 0.800 bits per heavy atom.